The van der Waals surface area contributed by atoms with Gasteiger partial charge in [-0.3, -0.25) is 10.4 Å². The van der Waals surface area contributed by atoms with E-state index in [1.165, 1.54) is 27.9 Å². The molecule has 4 aromatic rings. The van der Waals surface area contributed by atoms with Gasteiger partial charge < -0.3 is 10.2 Å². The van der Waals surface area contributed by atoms with Crippen LogP contribution < -0.4 is 16.5 Å². The van der Waals surface area contributed by atoms with E-state index < -0.39 is 15.7 Å². The zero-order valence-corrected chi connectivity index (χ0v) is 24.2. The van der Waals surface area contributed by atoms with Gasteiger partial charge in [-0.2, -0.15) is 4.98 Å². The SMILES string of the molecule is CN(CCN1CCc2ccc(Nc3ncc4c(=N)n(-c5c(Cl)cccc5Cl)c(=O)[nH]c4n3)cc2CC1)S(C)(=O)=O. The molecule has 0 bridgehead atoms. The Morgan fingerprint density at radius 3 is 2.52 bits per heavy atom. The van der Waals surface area contributed by atoms with Gasteiger partial charge in [0.2, 0.25) is 16.0 Å². The Kier molecular flexibility index (Phi) is 7.98. The molecule has 3 heterocycles. The molecule has 0 radical (unpaired) electrons. The van der Waals surface area contributed by atoms with E-state index in [1.54, 1.807) is 25.2 Å². The number of H-pyrrole nitrogens is 1. The molecule has 40 heavy (non-hydrogen) atoms. The highest BCUT2D eigenvalue weighted by Gasteiger charge is 2.18. The minimum Gasteiger partial charge on any atom is -0.324 e. The Morgan fingerprint density at radius 2 is 1.82 bits per heavy atom. The summed E-state index contributed by atoms with van der Waals surface area (Å²) >= 11 is 12.6. The van der Waals surface area contributed by atoms with E-state index >= 15 is 0 Å². The molecule has 0 amide bonds. The highest BCUT2D eigenvalue weighted by molar-refractivity contribution is 7.88. The predicted octanol–water partition coefficient (Wildman–Crippen LogP) is 2.93. The number of nitrogens with one attached hydrogen (secondary N) is 3. The minimum absolute atomic E-state index is 0.141. The van der Waals surface area contributed by atoms with Crippen LogP contribution >= 0.6 is 23.2 Å². The van der Waals surface area contributed by atoms with Gasteiger partial charge in [-0.15, -0.1) is 0 Å². The average molecular weight is 604 g/mol. The van der Waals surface area contributed by atoms with Gasteiger partial charge in [0.05, 0.1) is 27.4 Å². The van der Waals surface area contributed by atoms with E-state index in [4.69, 9.17) is 28.6 Å². The lowest BCUT2D eigenvalue weighted by Gasteiger charge is -2.22. The van der Waals surface area contributed by atoms with Crippen LogP contribution in [0.1, 0.15) is 11.1 Å². The first-order chi connectivity index (χ1) is 19.0. The van der Waals surface area contributed by atoms with Crippen LogP contribution in [0.2, 0.25) is 10.0 Å². The lowest BCUT2D eigenvalue weighted by molar-refractivity contribution is 0.269. The van der Waals surface area contributed by atoms with Crippen LogP contribution in [-0.4, -0.2) is 76.6 Å². The molecule has 3 N–H and O–H groups in total. The van der Waals surface area contributed by atoms with Gasteiger partial charge in [-0.05, 0) is 48.2 Å². The molecular weight excluding hydrogens is 575 g/mol. The maximum Gasteiger partial charge on any atom is 0.333 e. The van der Waals surface area contributed by atoms with Crippen LogP contribution in [0.25, 0.3) is 16.7 Å². The maximum absolute atomic E-state index is 12.9. The van der Waals surface area contributed by atoms with Gasteiger partial charge in [0.15, 0.2) is 5.65 Å². The van der Waals surface area contributed by atoms with Crippen LogP contribution in [-0.2, 0) is 22.9 Å². The second-order valence-corrected chi connectivity index (χ2v) is 12.6. The first kappa shape index (κ1) is 28.2. The quantitative estimate of drug-likeness (QED) is 0.295. The number of hydrogen-bond acceptors (Lipinski definition) is 8. The van der Waals surface area contributed by atoms with Gasteiger partial charge in [0, 0.05) is 45.1 Å². The number of rotatable bonds is 7. The van der Waals surface area contributed by atoms with Crippen molar-refractivity contribution in [3.63, 3.8) is 0 Å². The standard InChI is InChI=1S/C26H28Cl2N8O3S/c1-34(40(2,38)39)12-13-35-10-8-16-6-7-18(14-17(16)9-11-35)31-25-30-15-19-23(29)36(26(37)33-24(19)32-25)22-20(27)4-3-5-21(22)28/h3-7,14-15,29H,8-13H2,1-2H3,(H2,30,31,32,33,37). The summed E-state index contributed by atoms with van der Waals surface area (Å²) in [5, 5.41) is 12.6. The van der Waals surface area contributed by atoms with E-state index in [2.05, 4.69) is 37.3 Å². The molecule has 11 nitrogen and oxygen atoms in total. The van der Waals surface area contributed by atoms with Crippen molar-refractivity contribution in [3.05, 3.63) is 79.7 Å². The molecule has 1 aliphatic rings. The molecule has 0 atom stereocenters. The summed E-state index contributed by atoms with van der Waals surface area (Å²) in [5.74, 6) is 0.273. The lowest BCUT2D eigenvalue weighted by Crippen LogP contribution is -2.37. The summed E-state index contributed by atoms with van der Waals surface area (Å²) in [6, 6.07) is 10.9. The van der Waals surface area contributed by atoms with Crippen molar-refractivity contribution in [2.45, 2.75) is 12.8 Å². The van der Waals surface area contributed by atoms with Gasteiger partial charge in [-0.25, -0.2) is 27.1 Å². The van der Waals surface area contributed by atoms with Crippen LogP contribution in [0.4, 0.5) is 11.6 Å². The molecule has 1 aliphatic heterocycles. The fraction of sp³-hybridized carbons (Fsp3) is 0.308. The fourth-order valence-corrected chi connectivity index (χ4v) is 5.64. The summed E-state index contributed by atoms with van der Waals surface area (Å²) in [7, 11) is -1.60. The molecule has 2 aromatic heterocycles. The molecule has 0 aliphatic carbocycles. The third kappa shape index (κ3) is 5.91. The van der Waals surface area contributed by atoms with Crippen molar-refractivity contribution < 1.29 is 8.42 Å². The Morgan fingerprint density at radius 1 is 1.12 bits per heavy atom. The van der Waals surface area contributed by atoms with Crippen LogP contribution in [0.15, 0.2) is 47.4 Å². The Balaban J connectivity index is 1.34. The summed E-state index contributed by atoms with van der Waals surface area (Å²) in [5.41, 5.74) is 2.92. The number of aromatic nitrogens is 4. The maximum atomic E-state index is 12.9. The summed E-state index contributed by atoms with van der Waals surface area (Å²) in [4.78, 5) is 26.7. The zero-order valence-electron chi connectivity index (χ0n) is 21.9. The normalized spacial score (nSPS) is 14.3. The summed E-state index contributed by atoms with van der Waals surface area (Å²) in [6.07, 6.45) is 4.38. The highest BCUT2D eigenvalue weighted by Crippen LogP contribution is 2.27. The zero-order chi connectivity index (χ0) is 28.6. The topological polar surface area (TPSA) is 140 Å². The van der Waals surface area contributed by atoms with Crippen LogP contribution in [0.3, 0.4) is 0 Å². The number of fused-ring (bicyclic) bond motifs is 2. The summed E-state index contributed by atoms with van der Waals surface area (Å²) in [6.45, 7) is 2.80. The van der Waals surface area contributed by atoms with E-state index in [1.807, 2.05) is 6.07 Å². The predicted molar refractivity (Wildman–Crippen MR) is 156 cm³/mol. The molecule has 0 unspecified atom stereocenters. The van der Waals surface area contributed by atoms with Crippen molar-refractivity contribution in [3.8, 4) is 5.69 Å². The number of hydrogen-bond donors (Lipinski definition) is 3. The summed E-state index contributed by atoms with van der Waals surface area (Å²) < 4.78 is 25.9. The van der Waals surface area contributed by atoms with E-state index in [-0.39, 0.29) is 32.8 Å². The smallest absolute Gasteiger partial charge is 0.324 e. The second kappa shape index (κ2) is 11.3. The van der Waals surface area contributed by atoms with Crippen molar-refractivity contribution in [2.24, 2.45) is 0 Å². The first-order valence-corrected chi connectivity index (χ1v) is 15.2. The van der Waals surface area contributed by atoms with E-state index in [0.717, 1.165) is 36.2 Å². The number of sulfonamides is 1. The molecular formula is C26H28Cl2N8O3S. The van der Waals surface area contributed by atoms with Gasteiger partial charge in [0.1, 0.15) is 5.49 Å². The number of para-hydroxylation sites is 1. The third-order valence-electron chi connectivity index (χ3n) is 7.01. The van der Waals surface area contributed by atoms with Gasteiger partial charge in [-0.1, -0.05) is 35.3 Å². The molecule has 210 valence electrons. The number of likely N-dealkylation sites (N-methyl/N-ethyl adjacent to an activating group) is 1. The van der Waals surface area contributed by atoms with Crippen LogP contribution in [0.5, 0.6) is 0 Å². The number of aromatic amines is 1. The molecule has 2 aromatic carbocycles. The van der Waals surface area contributed by atoms with E-state index in [0.29, 0.717) is 18.5 Å². The molecule has 0 saturated carbocycles. The highest BCUT2D eigenvalue weighted by atomic mass is 35.5. The van der Waals surface area contributed by atoms with Crippen molar-refractivity contribution in [2.75, 3.05) is 44.8 Å². The fourth-order valence-electron chi connectivity index (χ4n) is 4.66. The number of halogens is 2. The van der Waals surface area contributed by atoms with Crippen molar-refractivity contribution in [1.82, 2.24) is 28.7 Å². The molecule has 14 heteroatoms. The third-order valence-corrected chi connectivity index (χ3v) is 8.94. The monoisotopic (exact) mass is 602 g/mol. The van der Waals surface area contributed by atoms with Crippen molar-refractivity contribution >= 4 is 55.9 Å². The number of nitrogens with zero attached hydrogens (tertiary/aromatic N) is 5. The van der Waals surface area contributed by atoms with Crippen LogP contribution in [0, 0.1) is 5.41 Å². The number of anilines is 2. The molecule has 0 fully saturated rings. The van der Waals surface area contributed by atoms with Gasteiger partial charge >= 0.3 is 5.69 Å². The van der Waals surface area contributed by atoms with E-state index in [9.17, 15) is 13.2 Å². The average Bonchev–Trinajstić information content (AvgIpc) is 3.10. The number of benzene rings is 2. The molecule has 5 rings (SSSR count). The molecule has 0 saturated heterocycles. The Hall–Kier alpha value is -3.29. The Bertz CT molecular complexity index is 1800. The lowest BCUT2D eigenvalue weighted by atomic mass is 10.0. The molecule has 0 spiro atoms. The van der Waals surface area contributed by atoms with Gasteiger partial charge in [0.25, 0.3) is 0 Å². The Labute approximate surface area is 241 Å². The second-order valence-electron chi connectivity index (χ2n) is 9.67. The minimum atomic E-state index is -3.19. The first-order valence-electron chi connectivity index (χ1n) is 12.5. The van der Waals surface area contributed by atoms with Crippen molar-refractivity contribution in [1.29, 1.82) is 5.41 Å². The largest absolute Gasteiger partial charge is 0.333 e.